The van der Waals surface area contributed by atoms with Gasteiger partial charge in [0.05, 0.1) is 12.8 Å². The molecule has 0 spiro atoms. The van der Waals surface area contributed by atoms with Gasteiger partial charge in [-0.2, -0.15) is 0 Å². The number of piperidine rings is 1. The van der Waals surface area contributed by atoms with Gasteiger partial charge in [-0.3, -0.25) is 9.10 Å². The number of aryl methyl sites for hydroxylation is 1. The molecule has 0 saturated carbocycles. The van der Waals surface area contributed by atoms with Gasteiger partial charge in [0.1, 0.15) is 23.0 Å². The number of nitrogens with zero attached hydrogens (tertiary/aromatic N) is 2. The number of carbonyl (C=O) groups excluding carboxylic acids is 1. The van der Waals surface area contributed by atoms with Crippen LogP contribution in [0.4, 0.5) is 10.1 Å². The molecule has 0 radical (unpaired) electrons. The number of ether oxygens (including phenoxy) is 1. The van der Waals surface area contributed by atoms with Crippen LogP contribution in [0.1, 0.15) is 25.3 Å². The Morgan fingerprint density at radius 2 is 1.80 bits per heavy atom. The van der Waals surface area contributed by atoms with Crippen LogP contribution in [0.15, 0.2) is 47.4 Å². The minimum atomic E-state index is -4.14. The van der Waals surface area contributed by atoms with Crippen molar-refractivity contribution in [3.8, 4) is 5.75 Å². The number of benzene rings is 2. The number of rotatable bonds is 6. The van der Waals surface area contributed by atoms with Crippen LogP contribution in [0.2, 0.25) is 0 Å². The monoisotopic (exact) mass is 434 g/mol. The fourth-order valence-electron chi connectivity index (χ4n) is 3.51. The SMILES string of the molecule is COc1ccc(C)cc1S(=O)(=O)N(CC(=O)N1CCC(C)CC1)c1ccc(F)cc1. The maximum Gasteiger partial charge on any atom is 0.268 e. The highest BCUT2D eigenvalue weighted by atomic mass is 32.2. The molecule has 0 aromatic heterocycles. The summed E-state index contributed by atoms with van der Waals surface area (Å²) in [4.78, 5) is 14.6. The van der Waals surface area contributed by atoms with Crippen LogP contribution in [-0.4, -0.2) is 46.0 Å². The molecule has 2 aromatic rings. The molecule has 0 atom stereocenters. The molecule has 162 valence electrons. The lowest BCUT2D eigenvalue weighted by molar-refractivity contribution is -0.130. The third-order valence-corrected chi connectivity index (χ3v) is 7.21. The van der Waals surface area contributed by atoms with Gasteiger partial charge in [-0.05, 0) is 67.6 Å². The average Bonchev–Trinajstić information content (AvgIpc) is 2.73. The number of halogens is 1. The summed E-state index contributed by atoms with van der Waals surface area (Å²) in [6.07, 6.45) is 1.78. The highest BCUT2D eigenvalue weighted by molar-refractivity contribution is 7.93. The summed E-state index contributed by atoms with van der Waals surface area (Å²) in [5.74, 6) is -0.0310. The van der Waals surface area contributed by atoms with Crippen LogP contribution in [0.25, 0.3) is 0 Å². The Kier molecular flexibility index (Phi) is 6.65. The lowest BCUT2D eigenvalue weighted by Crippen LogP contribution is -2.45. The van der Waals surface area contributed by atoms with Crippen LogP contribution in [-0.2, 0) is 14.8 Å². The summed E-state index contributed by atoms with van der Waals surface area (Å²) in [6.45, 7) is 4.76. The molecule has 6 nitrogen and oxygen atoms in total. The molecule has 0 aliphatic carbocycles. The molecule has 1 aliphatic rings. The summed E-state index contributed by atoms with van der Waals surface area (Å²) in [5.41, 5.74) is 0.962. The van der Waals surface area contributed by atoms with Crippen molar-refractivity contribution < 1.29 is 22.3 Å². The van der Waals surface area contributed by atoms with Crippen LogP contribution < -0.4 is 9.04 Å². The van der Waals surface area contributed by atoms with E-state index < -0.39 is 15.8 Å². The van der Waals surface area contributed by atoms with Gasteiger partial charge < -0.3 is 9.64 Å². The first-order valence-electron chi connectivity index (χ1n) is 9.93. The standard InChI is InChI=1S/C22H27FN2O4S/c1-16-10-12-24(13-11-16)22(26)15-25(19-7-5-18(23)6-8-19)30(27,28)21-14-17(2)4-9-20(21)29-3/h4-9,14,16H,10-13,15H2,1-3H3. The van der Waals surface area contributed by atoms with Gasteiger partial charge in [0.25, 0.3) is 10.0 Å². The van der Waals surface area contributed by atoms with Crippen LogP contribution in [0.3, 0.4) is 0 Å². The molecule has 30 heavy (non-hydrogen) atoms. The first-order valence-corrected chi connectivity index (χ1v) is 11.4. The van der Waals surface area contributed by atoms with Crippen LogP contribution in [0, 0.1) is 18.7 Å². The van der Waals surface area contributed by atoms with Crippen LogP contribution >= 0.6 is 0 Å². The number of sulfonamides is 1. The van der Waals surface area contributed by atoms with E-state index in [-0.39, 0.29) is 28.8 Å². The molecule has 1 heterocycles. The van der Waals surface area contributed by atoms with Crippen molar-refractivity contribution in [3.63, 3.8) is 0 Å². The first-order chi connectivity index (χ1) is 14.2. The van der Waals surface area contributed by atoms with Crippen LogP contribution in [0.5, 0.6) is 5.75 Å². The summed E-state index contributed by atoms with van der Waals surface area (Å²) in [6, 6.07) is 9.93. The van der Waals surface area contributed by atoms with Gasteiger partial charge in [0.2, 0.25) is 5.91 Å². The third kappa shape index (κ3) is 4.75. The molecule has 0 unspecified atom stereocenters. The van der Waals surface area contributed by atoms with Crippen molar-refractivity contribution in [3.05, 3.63) is 53.8 Å². The van der Waals surface area contributed by atoms with Crippen molar-refractivity contribution in [2.75, 3.05) is 31.0 Å². The van der Waals surface area contributed by atoms with E-state index >= 15 is 0 Å². The predicted octanol–water partition coefficient (Wildman–Crippen LogP) is 3.60. The lowest BCUT2D eigenvalue weighted by Gasteiger charge is -2.33. The Balaban J connectivity index is 2.00. The van der Waals surface area contributed by atoms with Crippen molar-refractivity contribution in [1.82, 2.24) is 4.90 Å². The Morgan fingerprint density at radius 3 is 2.40 bits per heavy atom. The Bertz CT molecular complexity index is 1000. The summed E-state index contributed by atoms with van der Waals surface area (Å²) >= 11 is 0. The van der Waals surface area contributed by atoms with E-state index in [9.17, 15) is 17.6 Å². The molecule has 8 heteroatoms. The third-order valence-electron chi connectivity index (χ3n) is 5.42. The molecule has 3 rings (SSSR count). The predicted molar refractivity (Wildman–Crippen MR) is 114 cm³/mol. The number of amides is 1. The van der Waals surface area contributed by atoms with Gasteiger partial charge in [-0.15, -0.1) is 0 Å². The molecular weight excluding hydrogens is 407 g/mol. The van der Waals surface area contributed by atoms with Crippen molar-refractivity contribution in [2.45, 2.75) is 31.6 Å². The summed E-state index contributed by atoms with van der Waals surface area (Å²) in [7, 11) is -2.74. The second-order valence-corrected chi connectivity index (χ2v) is 9.54. The highest BCUT2D eigenvalue weighted by Crippen LogP contribution is 2.31. The fraction of sp³-hybridized carbons (Fsp3) is 0.409. The largest absolute Gasteiger partial charge is 0.495 e. The first kappa shape index (κ1) is 22.1. The Hall–Kier alpha value is -2.61. The number of methoxy groups -OCH3 is 1. The second-order valence-electron chi connectivity index (χ2n) is 7.71. The van der Waals surface area contributed by atoms with E-state index in [4.69, 9.17) is 4.74 Å². The zero-order valence-corrected chi connectivity index (χ0v) is 18.3. The number of likely N-dealkylation sites (tertiary alicyclic amines) is 1. The van der Waals surface area contributed by atoms with E-state index in [1.54, 1.807) is 24.0 Å². The minimum absolute atomic E-state index is 0.0330. The Labute approximate surface area is 177 Å². The molecule has 0 bridgehead atoms. The Morgan fingerprint density at radius 1 is 1.17 bits per heavy atom. The number of carbonyl (C=O) groups is 1. The van der Waals surface area contributed by atoms with E-state index in [0.29, 0.717) is 19.0 Å². The quantitative estimate of drug-likeness (QED) is 0.697. The van der Waals surface area contributed by atoms with Gasteiger partial charge in [-0.1, -0.05) is 13.0 Å². The molecule has 0 N–H and O–H groups in total. The molecule has 1 aliphatic heterocycles. The topological polar surface area (TPSA) is 66.9 Å². The summed E-state index contributed by atoms with van der Waals surface area (Å²) in [5, 5.41) is 0. The van der Waals surface area contributed by atoms with E-state index in [1.165, 1.54) is 37.4 Å². The summed E-state index contributed by atoms with van der Waals surface area (Å²) < 4.78 is 47.0. The second kappa shape index (κ2) is 9.04. The zero-order valence-electron chi connectivity index (χ0n) is 17.5. The molecular formula is C22H27FN2O4S. The maximum absolute atomic E-state index is 13.6. The smallest absolute Gasteiger partial charge is 0.268 e. The fourth-order valence-corrected chi connectivity index (χ4v) is 5.16. The minimum Gasteiger partial charge on any atom is -0.495 e. The van der Waals surface area contributed by atoms with Gasteiger partial charge in [0.15, 0.2) is 0 Å². The van der Waals surface area contributed by atoms with E-state index in [2.05, 4.69) is 6.92 Å². The normalized spacial score (nSPS) is 15.1. The van der Waals surface area contributed by atoms with Gasteiger partial charge >= 0.3 is 0 Å². The average molecular weight is 435 g/mol. The van der Waals surface area contributed by atoms with E-state index in [0.717, 1.165) is 22.7 Å². The molecule has 2 aromatic carbocycles. The highest BCUT2D eigenvalue weighted by Gasteiger charge is 2.32. The zero-order chi connectivity index (χ0) is 21.9. The van der Waals surface area contributed by atoms with E-state index in [1.807, 2.05) is 0 Å². The molecule has 1 saturated heterocycles. The van der Waals surface area contributed by atoms with Gasteiger partial charge in [-0.25, -0.2) is 12.8 Å². The number of hydrogen-bond donors (Lipinski definition) is 0. The number of hydrogen-bond acceptors (Lipinski definition) is 4. The van der Waals surface area contributed by atoms with Crippen molar-refractivity contribution in [1.29, 1.82) is 0 Å². The van der Waals surface area contributed by atoms with Gasteiger partial charge in [0, 0.05) is 13.1 Å². The lowest BCUT2D eigenvalue weighted by atomic mass is 9.99. The molecule has 1 amide bonds. The molecule has 1 fully saturated rings. The maximum atomic E-state index is 13.6. The van der Waals surface area contributed by atoms with Crippen molar-refractivity contribution in [2.24, 2.45) is 5.92 Å². The number of anilines is 1. The van der Waals surface area contributed by atoms with Crippen molar-refractivity contribution >= 4 is 21.6 Å².